The van der Waals surface area contributed by atoms with Gasteiger partial charge in [-0.05, 0) is 19.8 Å². The van der Waals surface area contributed by atoms with Crippen LogP contribution in [0.25, 0.3) is 0 Å². The maximum atomic E-state index is 11.6. The molecular weight excluding hydrogens is 196 g/mol. The molecule has 1 atom stereocenters. The zero-order valence-electron chi connectivity index (χ0n) is 8.58. The number of nitrogens with one attached hydrogen (secondary N) is 1. The normalized spacial score (nSPS) is 19.2. The first-order chi connectivity index (χ1) is 6.59. The quantitative estimate of drug-likeness (QED) is 0.695. The van der Waals surface area contributed by atoms with E-state index in [9.17, 15) is 4.79 Å². The van der Waals surface area contributed by atoms with Gasteiger partial charge in [0.05, 0.1) is 4.99 Å². The number of nitrogens with two attached hydrogens (primary N) is 1. The highest BCUT2D eigenvalue weighted by Gasteiger charge is 2.23. The minimum atomic E-state index is 0.0700. The fourth-order valence-corrected chi connectivity index (χ4v) is 2.15. The fraction of sp³-hybridized carbons (Fsp3) is 0.800. The average Bonchev–Trinajstić information content (AvgIpc) is 2.53. The van der Waals surface area contributed by atoms with E-state index in [2.05, 4.69) is 5.32 Å². The van der Waals surface area contributed by atoms with E-state index in [1.807, 2.05) is 6.92 Å². The van der Waals surface area contributed by atoms with Crippen LogP contribution in [0.15, 0.2) is 0 Å². The molecule has 0 bridgehead atoms. The Balaban J connectivity index is 2.28. The largest absolute Gasteiger partial charge is 0.393 e. The van der Waals surface area contributed by atoms with Crippen molar-refractivity contribution in [3.63, 3.8) is 0 Å². The van der Waals surface area contributed by atoms with Crippen LogP contribution >= 0.6 is 12.2 Å². The number of carbonyl (C=O) groups is 1. The van der Waals surface area contributed by atoms with Gasteiger partial charge in [-0.15, -0.1) is 0 Å². The van der Waals surface area contributed by atoms with Crippen LogP contribution in [-0.4, -0.2) is 16.9 Å². The predicted molar refractivity (Wildman–Crippen MR) is 61.0 cm³/mol. The fourth-order valence-electron chi connectivity index (χ4n) is 1.90. The molecule has 0 aromatic rings. The van der Waals surface area contributed by atoms with Crippen molar-refractivity contribution in [2.75, 3.05) is 0 Å². The van der Waals surface area contributed by atoms with Crippen LogP contribution < -0.4 is 11.1 Å². The van der Waals surface area contributed by atoms with E-state index in [1.54, 1.807) is 0 Å². The Kier molecular flexibility index (Phi) is 4.32. The molecule has 14 heavy (non-hydrogen) atoms. The van der Waals surface area contributed by atoms with Crippen molar-refractivity contribution in [2.24, 2.45) is 11.7 Å². The van der Waals surface area contributed by atoms with Crippen LogP contribution in [0.4, 0.5) is 0 Å². The smallest absolute Gasteiger partial charge is 0.223 e. The number of thiocarbonyl (C=S) groups is 1. The molecule has 1 aliphatic rings. The van der Waals surface area contributed by atoms with Gasteiger partial charge in [0, 0.05) is 18.4 Å². The molecule has 1 aliphatic carbocycles. The first kappa shape index (κ1) is 11.4. The highest BCUT2D eigenvalue weighted by molar-refractivity contribution is 7.80. The van der Waals surface area contributed by atoms with E-state index < -0.39 is 0 Å². The van der Waals surface area contributed by atoms with Gasteiger partial charge < -0.3 is 11.1 Å². The van der Waals surface area contributed by atoms with Gasteiger partial charge in [0.1, 0.15) is 0 Å². The Hall–Kier alpha value is -0.640. The van der Waals surface area contributed by atoms with E-state index in [1.165, 1.54) is 12.8 Å². The second-order valence-electron chi connectivity index (χ2n) is 4.06. The van der Waals surface area contributed by atoms with E-state index in [-0.39, 0.29) is 17.9 Å². The van der Waals surface area contributed by atoms with Gasteiger partial charge in [-0.3, -0.25) is 4.79 Å². The third-order valence-electron chi connectivity index (χ3n) is 2.62. The van der Waals surface area contributed by atoms with Crippen molar-refractivity contribution >= 4 is 23.1 Å². The molecule has 0 heterocycles. The topological polar surface area (TPSA) is 55.1 Å². The molecule has 1 unspecified atom stereocenters. The summed E-state index contributed by atoms with van der Waals surface area (Å²) >= 11 is 4.79. The number of hydrogen-bond acceptors (Lipinski definition) is 2. The van der Waals surface area contributed by atoms with E-state index in [4.69, 9.17) is 18.0 Å². The second-order valence-corrected chi connectivity index (χ2v) is 4.59. The molecular formula is C10H18N2OS. The molecule has 3 nitrogen and oxygen atoms in total. The Labute approximate surface area is 90.4 Å². The minimum Gasteiger partial charge on any atom is -0.393 e. The predicted octanol–water partition coefficient (Wildman–Crippen LogP) is 1.36. The Morgan fingerprint density at radius 1 is 1.57 bits per heavy atom. The molecule has 3 N–H and O–H groups in total. The summed E-state index contributed by atoms with van der Waals surface area (Å²) in [6.45, 7) is 1.94. The van der Waals surface area contributed by atoms with Crippen LogP contribution in [0, 0.1) is 5.92 Å². The van der Waals surface area contributed by atoms with E-state index in [0.29, 0.717) is 11.4 Å². The third kappa shape index (κ3) is 3.62. The van der Waals surface area contributed by atoms with Crippen LogP contribution in [-0.2, 0) is 4.79 Å². The van der Waals surface area contributed by atoms with Crippen molar-refractivity contribution in [1.29, 1.82) is 0 Å². The lowest BCUT2D eigenvalue weighted by Crippen LogP contribution is -2.38. The molecule has 1 amide bonds. The Morgan fingerprint density at radius 3 is 2.64 bits per heavy atom. The van der Waals surface area contributed by atoms with Crippen LogP contribution in [0.2, 0.25) is 0 Å². The summed E-state index contributed by atoms with van der Waals surface area (Å²) in [7, 11) is 0. The van der Waals surface area contributed by atoms with Gasteiger partial charge in [-0.25, -0.2) is 0 Å². The molecule has 0 aliphatic heterocycles. The summed E-state index contributed by atoms with van der Waals surface area (Å²) in [6.07, 6.45) is 5.02. The van der Waals surface area contributed by atoms with Crippen molar-refractivity contribution in [3.05, 3.63) is 0 Å². The SMILES string of the molecule is CC(CC(N)=S)NC(=O)C1CCCC1. The molecule has 80 valence electrons. The van der Waals surface area contributed by atoms with Gasteiger partial charge in [0.25, 0.3) is 0 Å². The molecule has 0 saturated heterocycles. The third-order valence-corrected chi connectivity index (χ3v) is 2.79. The molecule has 0 aromatic heterocycles. The Bertz CT molecular complexity index is 224. The molecule has 1 rings (SSSR count). The lowest BCUT2D eigenvalue weighted by Gasteiger charge is -2.16. The monoisotopic (exact) mass is 214 g/mol. The van der Waals surface area contributed by atoms with Gasteiger partial charge in [0.2, 0.25) is 5.91 Å². The number of hydrogen-bond donors (Lipinski definition) is 2. The second kappa shape index (κ2) is 5.29. The summed E-state index contributed by atoms with van der Waals surface area (Å²) in [6, 6.07) is 0.0700. The summed E-state index contributed by atoms with van der Waals surface area (Å²) in [5, 5.41) is 2.95. The summed E-state index contributed by atoms with van der Waals surface area (Å²) in [5.74, 6) is 0.398. The molecule has 0 radical (unpaired) electrons. The highest BCUT2D eigenvalue weighted by Crippen LogP contribution is 2.24. The summed E-state index contributed by atoms with van der Waals surface area (Å²) in [5.41, 5.74) is 5.40. The zero-order chi connectivity index (χ0) is 10.6. The number of carbonyl (C=O) groups excluding carboxylic acids is 1. The summed E-state index contributed by atoms with van der Waals surface area (Å²) in [4.78, 5) is 12.1. The van der Waals surface area contributed by atoms with Crippen LogP contribution in [0.3, 0.4) is 0 Å². The molecule has 1 saturated carbocycles. The maximum absolute atomic E-state index is 11.6. The zero-order valence-corrected chi connectivity index (χ0v) is 9.40. The van der Waals surface area contributed by atoms with Gasteiger partial charge >= 0.3 is 0 Å². The van der Waals surface area contributed by atoms with Gasteiger partial charge in [-0.2, -0.15) is 0 Å². The highest BCUT2D eigenvalue weighted by atomic mass is 32.1. The molecule has 0 spiro atoms. The van der Waals surface area contributed by atoms with Crippen LogP contribution in [0.1, 0.15) is 39.0 Å². The van der Waals surface area contributed by atoms with Gasteiger partial charge in [0.15, 0.2) is 0 Å². The number of rotatable bonds is 4. The van der Waals surface area contributed by atoms with Crippen molar-refractivity contribution in [2.45, 2.75) is 45.1 Å². The maximum Gasteiger partial charge on any atom is 0.223 e. The Morgan fingerprint density at radius 2 is 2.14 bits per heavy atom. The van der Waals surface area contributed by atoms with Crippen molar-refractivity contribution in [1.82, 2.24) is 5.32 Å². The van der Waals surface area contributed by atoms with E-state index in [0.717, 1.165) is 12.8 Å². The van der Waals surface area contributed by atoms with Gasteiger partial charge in [-0.1, -0.05) is 25.1 Å². The average molecular weight is 214 g/mol. The first-order valence-corrected chi connectivity index (χ1v) is 5.59. The lowest BCUT2D eigenvalue weighted by molar-refractivity contribution is -0.125. The van der Waals surface area contributed by atoms with E-state index >= 15 is 0 Å². The molecule has 0 aromatic carbocycles. The van der Waals surface area contributed by atoms with Crippen LogP contribution in [0.5, 0.6) is 0 Å². The first-order valence-electron chi connectivity index (χ1n) is 5.18. The van der Waals surface area contributed by atoms with Crippen molar-refractivity contribution in [3.8, 4) is 0 Å². The molecule has 4 heteroatoms. The lowest BCUT2D eigenvalue weighted by atomic mass is 10.1. The molecule has 1 fully saturated rings. The minimum absolute atomic E-state index is 0.0700. The number of amides is 1. The van der Waals surface area contributed by atoms with Crippen molar-refractivity contribution < 1.29 is 4.79 Å². The standard InChI is InChI=1S/C10H18N2OS/c1-7(6-9(11)14)12-10(13)8-4-2-3-5-8/h7-8H,2-6H2,1H3,(H2,11,14)(H,12,13). The summed E-state index contributed by atoms with van der Waals surface area (Å²) < 4.78 is 0.